The molecule has 156 valence electrons. The first-order valence-corrected chi connectivity index (χ1v) is 9.97. The molecule has 1 aliphatic rings. The number of nitrogens with zero attached hydrogens (tertiary/aromatic N) is 2. The summed E-state index contributed by atoms with van der Waals surface area (Å²) in [4.78, 5) is 27.7. The number of likely N-dealkylation sites (tertiary alicyclic amines) is 1. The van der Waals surface area contributed by atoms with E-state index in [9.17, 15) is 9.59 Å². The average Bonchev–Trinajstić information content (AvgIpc) is 2.60. The fourth-order valence-electron chi connectivity index (χ4n) is 3.21. The topological polar surface area (TPSA) is 59.1 Å². The third-order valence-electron chi connectivity index (χ3n) is 4.60. The Kier molecular flexibility index (Phi) is 7.10. The molecule has 0 spiro atoms. The Morgan fingerprint density at radius 1 is 1.21 bits per heavy atom. The number of carbonyl (C=O) groups excluding carboxylic acids is 2. The molecule has 1 fully saturated rings. The summed E-state index contributed by atoms with van der Waals surface area (Å²) in [6.07, 6.45) is 0.675. The molecule has 1 atom stereocenters. The van der Waals surface area contributed by atoms with Crippen LogP contribution in [0.25, 0.3) is 0 Å². The van der Waals surface area contributed by atoms with Crippen LogP contribution in [-0.4, -0.2) is 61.4 Å². The predicted molar refractivity (Wildman–Crippen MR) is 110 cm³/mol. The van der Waals surface area contributed by atoms with Gasteiger partial charge in [-0.2, -0.15) is 0 Å². The summed E-state index contributed by atoms with van der Waals surface area (Å²) < 4.78 is 11.1. The van der Waals surface area contributed by atoms with Crippen molar-refractivity contribution >= 4 is 35.4 Å². The maximum atomic E-state index is 12.6. The fourth-order valence-corrected chi connectivity index (χ4v) is 3.50. The summed E-state index contributed by atoms with van der Waals surface area (Å²) in [6.45, 7) is 6.57. The summed E-state index contributed by atoms with van der Waals surface area (Å²) in [5.74, 6) is 0. The Balaban J connectivity index is 2.33. The van der Waals surface area contributed by atoms with Crippen LogP contribution in [0.5, 0.6) is 0 Å². The zero-order valence-corrected chi connectivity index (χ0v) is 18.6. The lowest BCUT2D eigenvalue weighted by atomic mass is 9.74. The van der Waals surface area contributed by atoms with Crippen molar-refractivity contribution in [3.05, 3.63) is 33.8 Å². The Morgan fingerprint density at radius 3 is 2.46 bits per heavy atom. The molecule has 6 nitrogen and oxygen atoms in total. The molecule has 1 aromatic rings. The van der Waals surface area contributed by atoms with Gasteiger partial charge < -0.3 is 19.3 Å². The van der Waals surface area contributed by atoms with E-state index in [0.717, 1.165) is 18.4 Å². The largest absolute Gasteiger partial charge is 0.448 e. The van der Waals surface area contributed by atoms with Gasteiger partial charge >= 0.3 is 12.2 Å². The molecule has 0 N–H and O–H groups in total. The first kappa shape index (κ1) is 22.6. The quantitative estimate of drug-likeness (QED) is 0.679. The lowest BCUT2D eigenvalue weighted by Crippen LogP contribution is -2.52. The van der Waals surface area contributed by atoms with Crippen molar-refractivity contribution < 1.29 is 19.1 Å². The van der Waals surface area contributed by atoms with Crippen LogP contribution < -0.4 is 0 Å². The SMILES string of the molecule is CN(C)C(=O)OCC1(c2ccc(Cl)c(Cl)c2)CCCN(C(=O)OC(C)(C)C)C1. The van der Waals surface area contributed by atoms with Crippen LogP contribution >= 0.6 is 23.2 Å². The van der Waals surface area contributed by atoms with E-state index in [2.05, 4.69) is 0 Å². The number of carbonyl (C=O) groups is 2. The smallest absolute Gasteiger partial charge is 0.410 e. The molecule has 2 amide bonds. The lowest BCUT2D eigenvalue weighted by molar-refractivity contribution is 0.00500. The van der Waals surface area contributed by atoms with Crippen LogP contribution in [0.15, 0.2) is 18.2 Å². The summed E-state index contributed by atoms with van der Waals surface area (Å²) >= 11 is 12.3. The van der Waals surface area contributed by atoms with Gasteiger partial charge in [0.1, 0.15) is 12.2 Å². The second-order valence-corrected chi connectivity index (χ2v) is 9.18. The molecule has 0 aromatic heterocycles. The van der Waals surface area contributed by atoms with Crippen LogP contribution in [0.3, 0.4) is 0 Å². The van der Waals surface area contributed by atoms with E-state index in [1.165, 1.54) is 4.90 Å². The summed E-state index contributed by atoms with van der Waals surface area (Å²) in [5, 5.41) is 0.873. The van der Waals surface area contributed by atoms with E-state index in [1.807, 2.05) is 26.8 Å². The van der Waals surface area contributed by atoms with E-state index in [4.69, 9.17) is 32.7 Å². The van der Waals surface area contributed by atoms with Gasteiger partial charge in [0.25, 0.3) is 0 Å². The van der Waals surface area contributed by atoms with Crippen molar-refractivity contribution in [2.45, 2.75) is 44.6 Å². The molecule has 0 radical (unpaired) electrons. The van der Waals surface area contributed by atoms with E-state index in [-0.39, 0.29) is 12.7 Å². The van der Waals surface area contributed by atoms with Crippen molar-refractivity contribution in [2.75, 3.05) is 33.8 Å². The van der Waals surface area contributed by atoms with Crippen LogP contribution in [-0.2, 0) is 14.9 Å². The van der Waals surface area contributed by atoms with Crippen molar-refractivity contribution in [1.82, 2.24) is 9.80 Å². The van der Waals surface area contributed by atoms with Crippen molar-refractivity contribution in [1.29, 1.82) is 0 Å². The second kappa shape index (κ2) is 8.78. The maximum Gasteiger partial charge on any atom is 0.410 e. The first-order valence-electron chi connectivity index (χ1n) is 9.21. The Morgan fingerprint density at radius 2 is 1.89 bits per heavy atom. The van der Waals surface area contributed by atoms with Crippen molar-refractivity contribution in [2.24, 2.45) is 0 Å². The minimum Gasteiger partial charge on any atom is -0.448 e. The minimum absolute atomic E-state index is 0.126. The van der Waals surface area contributed by atoms with Gasteiger partial charge in [0.05, 0.1) is 10.0 Å². The molecule has 0 saturated carbocycles. The molecule has 0 aliphatic carbocycles. The van der Waals surface area contributed by atoms with Gasteiger partial charge in [-0.15, -0.1) is 0 Å². The highest BCUT2D eigenvalue weighted by molar-refractivity contribution is 6.42. The number of rotatable bonds is 3. The third-order valence-corrected chi connectivity index (χ3v) is 5.34. The lowest BCUT2D eigenvalue weighted by Gasteiger charge is -2.43. The van der Waals surface area contributed by atoms with Gasteiger partial charge in [0.15, 0.2) is 0 Å². The van der Waals surface area contributed by atoms with E-state index < -0.39 is 17.1 Å². The van der Waals surface area contributed by atoms with E-state index in [0.29, 0.717) is 23.1 Å². The molecule has 1 heterocycles. The van der Waals surface area contributed by atoms with Gasteiger partial charge in [0, 0.05) is 32.6 Å². The number of ether oxygens (including phenoxy) is 2. The Hall–Kier alpha value is -1.66. The second-order valence-electron chi connectivity index (χ2n) is 8.36. The van der Waals surface area contributed by atoms with Gasteiger partial charge in [-0.1, -0.05) is 29.3 Å². The summed E-state index contributed by atoms with van der Waals surface area (Å²) in [5.41, 5.74) is -0.297. The minimum atomic E-state index is -0.588. The zero-order valence-electron chi connectivity index (χ0n) is 17.1. The van der Waals surface area contributed by atoms with Crippen molar-refractivity contribution in [3.8, 4) is 0 Å². The number of hydrogen-bond acceptors (Lipinski definition) is 4. The molecular formula is C20H28Cl2N2O4. The molecule has 2 rings (SSSR count). The van der Waals surface area contributed by atoms with Gasteiger partial charge in [-0.3, -0.25) is 0 Å². The molecule has 1 saturated heterocycles. The van der Waals surface area contributed by atoms with E-state index >= 15 is 0 Å². The highest BCUT2D eigenvalue weighted by Crippen LogP contribution is 2.38. The molecule has 1 aromatic carbocycles. The standard InChI is InChI=1S/C20H28Cl2N2O4/c1-19(2,3)28-18(26)24-10-6-9-20(12-24,13-27-17(25)23(4)5)14-7-8-15(21)16(22)11-14/h7-8,11H,6,9-10,12-13H2,1-5H3. The molecule has 1 aliphatic heterocycles. The summed E-state index contributed by atoms with van der Waals surface area (Å²) in [7, 11) is 3.25. The highest BCUT2D eigenvalue weighted by Gasteiger charge is 2.41. The molecule has 0 bridgehead atoms. The zero-order chi connectivity index (χ0) is 21.1. The van der Waals surface area contributed by atoms with Gasteiger partial charge in [0.2, 0.25) is 0 Å². The average molecular weight is 431 g/mol. The van der Waals surface area contributed by atoms with Crippen molar-refractivity contribution in [3.63, 3.8) is 0 Å². The monoisotopic (exact) mass is 430 g/mol. The van der Waals surface area contributed by atoms with Crippen LogP contribution in [0.1, 0.15) is 39.2 Å². The van der Waals surface area contributed by atoms with Gasteiger partial charge in [-0.05, 0) is 51.3 Å². The number of amides is 2. The molecule has 8 heteroatoms. The normalized spacial score (nSPS) is 19.9. The number of halogens is 2. The fraction of sp³-hybridized carbons (Fsp3) is 0.600. The number of benzene rings is 1. The first-order chi connectivity index (χ1) is 12.9. The van der Waals surface area contributed by atoms with Crippen LogP contribution in [0.2, 0.25) is 10.0 Å². The molecular weight excluding hydrogens is 403 g/mol. The highest BCUT2D eigenvalue weighted by atomic mass is 35.5. The Bertz CT molecular complexity index is 733. The Labute approximate surface area is 176 Å². The number of piperidine rings is 1. The van der Waals surface area contributed by atoms with E-state index in [1.54, 1.807) is 31.1 Å². The summed E-state index contributed by atoms with van der Waals surface area (Å²) in [6, 6.07) is 5.38. The molecule has 1 unspecified atom stereocenters. The maximum absolute atomic E-state index is 12.6. The van der Waals surface area contributed by atoms with Crippen LogP contribution in [0, 0.1) is 0 Å². The predicted octanol–water partition coefficient (Wildman–Crippen LogP) is 4.96. The van der Waals surface area contributed by atoms with Crippen LogP contribution in [0.4, 0.5) is 9.59 Å². The van der Waals surface area contributed by atoms with Gasteiger partial charge in [-0.25, -0.2) is 9.59 Å². The third kappa shape index (κ3) is 5.67. The molecule has 28 heavy (non-hydrogen) atoms. The number of hydrogen-bond donors (Lipinski definition) is 0.